The first-order valence-corrected chi connectivity index (χ1v) is 7.31. The number of benzene rings is 1. The largest absolute Gasteiger partial charge is 0.492 e. The van der Waals surface area contributed by atoms with E-state index >= 15 is 0 Å². The lowest BCUT2D eigenvalue weighted by Crippen LogP contribution is -2.43. The summed E-state index contributed by atoms with van der Waals surface area (Å²) in [5.74, 6) is 0.999. The number of hydrogen-bond acceptors (Lipinski definition) is 3. The van der Waals surface area contributed by atoms with Crippen molar-refractivity contribution in [3.05, 3.63) is 28.2 Å². The average molecular weight is 313 g/mol. The molecule has 0 radical (unpaired) electrons. The number of ether oxygens (including phenoxy) is 1. The van der Waals surface area contributed by atoms with Gasteiger partial charge < -0.3 is 9.64 Å². The van der Waals surface area contributed by atoms with Gasteiger partial charge in [-0.1, -0.05) is 12.1 Å². The van der Waals surface area contributed by atoms with E-state index in [1.54, 1.807) is 0 Å². The van der Waals surface area contributed by atoms with Crippen LogP contribution < -0.4 is 4.74 Å². The molecule has 1 aromatic rings. The first-order chi connectivity index (χ1) is 8.70. The van der Waals surface area contributed by atoms with E-state index in [2.05, 4.69) is 44.9 Å². The zero-order valence-corrected chi connectivity index (χ0v) is 12.7. The second-order valence-electron chi connectivity index (χ2n) is 4.74. The minimum atomic E-state index is 0.707. The molecular weight excluding hydrogens is 292 g/mol. The lowest BCUT2D eigenvalue weighted by atomic mass is 10.1. The quantitative estimate of drug-likeness (QED) is 0.850. The van der Waals surface area contributed by atoms with Crippen LogP contribution in [-0.2, 0) is 6.54 Å². The summed E-state index contributed by atoms with van der Waals surface area (Å²) < 4.78 is 6.80. The highest BCUT2D eigenvalue weighted by molar-refractivity contribution is 9.10. The summed E-state index contributed by atoms with van der Waals surface area (Å²) in [5.41, 5.74) is 1.27. The molecule has 0 N–H and O–H groups in total. The maximum atomic E-state index is 5.75. The molecule has 2 rings (SSSR count). The molecule has 0 atom stereocenters. The van der Waals surface area contributed by atoms with E-state index in [1.165, 1.54) is 5.56 Å². The van der Waals surface area contributed by atoms with Gasteiger partial charge in [-0.15, -0.1) is 0 Å². The Morgan fingerprint density at radius 1 is 1.22 bits per heavy atom. The number of likely N-dealkylation sites (N-methyl/N-ethyl adjacent to an activating group) is 1. The fourth-order valence-electron chi connectivity index (χ4n) is 2.23. The molecule has 0 amide bonds. The Labute approximate surface area is 118 Å². The molecule has 18 heavy (non-hydrogen) atoms. The first kappa shape index (κ1) is 13.8. The van der Waals surface area contributed by atoms with E-state index in [0.717, 1.165) is 42.9 Å². The molecule has 0 aliphatic carbocycles. The summed E-state index contributed by atoms with van der Waals surface area (Å²) in [6, 6.07) is 6.28. The van der Waals surface area contributed by atoms with Gasteiger partial charge in [0.1, 0.15) is 5.75 Å². The molecule has 3 nitrogen and oxygen atoms in total. The maximum absolute atomic E-state index is 5.75. The summed E-state index contributed by atoms with van der Waals surface area (Å²) >= 11 is 3.57. The van der Waals surface area contributed by atoms with Crippen LogP contribution in [0.1, 0.15) is 12.5 Å². The van der Waals surface area contributed by atoms with Crippen molar-refractivity contribution in [1.82, 2.24) is 9.80 Å². The summed E-state index contributed by atoms with van der Waals surface area (Å²) in [6.45, 7) is 8.28. The van der Waals surface area contributed by atoms with Crippen LogP contribution in [0.15, 0.2) is 22.7 Å². The molecule has 1 fully saturated rings. The topological polar surface area (TPSA) is 15.7 Å². The third-order valence-electron chi connectivity index (χ3n) is 3.33. The predicted octanol–water partition coefficient (Wildman–Crippen LogP) is 2.60. The van der Waals surface area contributed by atoms with Gasteiger partial charge >= 0.3 is 0 Å². The summed E-state index contributed by atoms with van der Waals surface area (Å²) in [7, 11) is 2.18. The van der Waals surface area contributed by atoms with E-state index < -0.39 is 0 Å². The Morgan fingerprint density at radius 2 is 1.94 bits per heavy atom. The highest BCUT2D eigenvalue weighted by Gasteiger charge is 2.16. The summed E-state index contributed by atoms with van der Waals surface area (Å²) in [4.78, 5) is 4.87. The molecular formula is C14H21BrN2O. The van der Waals surface area contributed by atoms with Crippen molar-refractivity contribution in [3.63, 3.8) is 0 Å². The monoisotopic (exact) mass is 312 g/mol. The lowest BCUT2D eigenvalue weighted by Gasteiger charge is -2.32. The number of rotatable bonds is 4. The van der Waals surface area contributed by atoms with Gasteiger partial charge in [0.25, 0.3) is 0 Å². The van der Waals surface area contributed by atoms with Crippen LogP contribution in [0, 0.1) is 0 Å². The first-order valence-electron chi connectivity index (χ1n) is 6.51. The molecule has 1 aromatic carbocycles. The Morgan fingerprint density at radius 3 is 2.61 bits per heavy atom. The third-order valence-corrected chi connectivity index (χ3v) is 3.95. The third kappa shape index (κ3) is 3.46. The van der Waals surface area contributed by atoms with Gasteiger partial charge in [0.15, 0.2) is 0 Å². The molecule has 0 aromatic heterocycles. The van der Waals surface area contributed by atoms with Crippen molar-refractivity contribution >= 4 is 15.9 Å². The van der Waals surface area contributed by atoms with Crippen LogP contribution >= 0.6 is 15.9 Å². The zero-order valence-electron chi connectivity index (χ0n) is 11.2. The molecule has 1 heterocycles. The van der Waals surface area contributed by atoms with E-state index in [4.69, 9.17) is 4.74 Å². The van der Waals surface area contributed by atoms with Crippen LogP contribution in [0.3, 0.4) is 0 Å². The zero-order chi connectivity index (χ0) is 13.0. The van der Waals surface area contributed by atoms with Crippen LogP contribution in [0.5, 0.6) is 5.75 Å². The Bertz CT molecular complexity index is 389. The number of halogens is 1. The van der Waals surface area contributed by atoms with Gasteiger partial charge in [-0.2, -0.15) is 0 Å². The Hall–Kier alpha value is -0.580. The van der Waals surface area contributed by atoms with Crippen LogP contribution in [0.2, 0.25) is 0 Å². The van der Waals surface area contributed by atoms with Crippen molar-refractivity contribution in [2.24, 2.45) is 0 Å². The van der Waals surface area contributed by atoms with Crippen molar-refractivity contribution < 1.29 is 4.74 Å². The van der Waals surface area contributed by atoms with Crippen LogP contribution in [0.25, 0.3) is 0 Å². The maximum Gasteiger partial charge on any atom is 0.137 e. The standard InChI is InChI=1S/C14H21BrN2O/c1-3-18-14-12(5-4-6-13(14)15)11-17-9-7-16(2)8-10-17/h4-6H,3,7-11H2,1-2H3. The van der Waals surface area contributed by atoms with Crippen molar-refractivity contribution in [1.29, 1.82) is 0 Å². The van der Waals surface area contributed by atoms with Crippen LogP contribution in [-0.4, -0.2) is 49.6 Å². The van der Waals surface area contributed by atoms with Crippen molar-refractivity contribution in [3.8, 4) is 5.75 Å². The minimum Gasteiger partial charge on any atom is -0.492 e. The highest BCUT2D eigenvalue weighted by atomic mass is 79.9. The van der Waals surface area contributed by atoms with Crippen molar-refractivity contribution in [2.75, 3.05) is 39.8 Å². The molecule has 1 aliphatic rings. The second kappa shape index (κ2) is 6.55. The van der Waals surface area contributed by atoms with Gasteiger partial charge in [-0.25, -0.2) is 0 Å². The molecule has 100 valence electrons. The number of hydrogen-bond donors (Lipinski definition) is 0. The van der Waals surface area contributed by atoms with Crippen LogP contribution in [0.4, 0.5) is 0 Å². The van der Waals surface area contributed by atoms with Crippen molar-refractivity contribution in [2.45, 2.75) is 13.5 Å². The van der Waals surface area contributed by atoms with E-state index in [9.17, 15) is 0 Å². The fourth-order valence-corrected chi connectivity index (χ4v) is 2.75. The SMILES string of the molecule is CCOc1c(Br)cccc1CN1CCN(C)CC1. The van der Waals surface area contributed by atoms with Gasteiger partial charge in [-0.05, 0) is 36.0 Å². The molecule has 4 heteroatoms. The average Bonchev–Trinajstić information content (AvgIpc) is 2.36. The molecule has 0 bridgehead atoms. The number of piperazine rings is 1. The summed E-state index contributed by atoms with van der Waals surface area (Å²) in [5, 5.41) is 0. The van der Waals surface area contributed by atoms with E-state index in [1.807, 2.05) is 13.0 Å². The minimum absolute atomic E-state index is 0.707. The van der Waals surface area contributed by atoms with E-state index in [0.29, 0.717) is 6.61 Å². The molecule has 1 saturated heterocycles. The smallest absolute Gasteiger partial charge is 0.137 e. The fraction of sp³-hybridized carbons (Fsp3) is 0.571. The Kier molecular flexibility index (Phi) is 5.03. The second-order valence-corrected chi connectivity index (χ2v) is 5.59. The van der Waals surface area contributed by atoms with Gasteiger partial charge in [-0.3, -0.25) is 4.90 Å². The lowest BCUT2D eigenvalue weighted by molar-refractivity contribution is 0.146. The predicted molar refractivity (Wildman–Crippen MR) is 78.1 cm³/mol. The number of para-hydroxylation sites is 1. The van der Waals surface area contributed by atoms with E-state index in [-0.39, 0.29) is 0 Å². The van der Waals surface area contributed by atoms with Gasteiger partial charge in [0.05, 0.1) is 11.1 Å². The molecule has 0 spiro atoms. The number of nitrogens with zero attached hydrogens (tertiary/aromatic N) is 2. The molecule has 0 unspecified atom stereocenters. The highest BCUT2D eigenvalue weighted by Crippen LogP contribution is 2.30. The van der Waals surface area contributed by atoms with Gasteiger partial charge in [0, 0.05) is 38.3 Å². The normalized spacial score (nSPS) is 17.9. The summed E-state index contributed by atoms with van der Waals surface area (Å²) in [6.07, 6.45) is 0. The Balaban J connectivity index is 2.06. The molecule has 1 aliphatic heterocycles. The molecule has 0 saturated carbocycles. The van der Waals surface area contributed by atoms with Gasteiger partial charge in [0.2, 0.25) is 0 Å².